The van der Waals surface area contributed by atoms with Crippen molar-refractivity contribution in [3.63, 3.8) is 0 Å². The SMILES string of the molecule is Cl.NC1CCN(CCCCn2ccc(Nc3ccc(CNC(=O)C(N)CO)cn3)nc2=O)CC1. The van der Waals surface area contributed by atoms with Crippen LogP contribution in [0.5, 0.6) is 0 Å². The highest BCUT2D eigenvalue weighted by atomic mass is 35.5. The fourth-order valence-electron chi connectivity index (χ4n) is 3.60. The summed E-state index contributed by atoms with van der Waals surface area (Å²) in [5, 5.41) is 14.5. The van der Waals surface area contributed by atoms with Crippen LogP contribution < -0.4 is 27.8 Å². The van der Waals surface area contributed by atoms with Crippen LogP contribution in [0.3, 0.4) is 0 Å². The molecule has 0 saturated carbocycles. The van der Waals surface area contributed by atoms with Gasteiger partial charge >= 0.3 is 5.69 Å². The smallest absolute Gasteiger partial charge is 0.349 e. The summed E-state index contributed by atoms with van der Waals surface area (Å²) in [4.78, 5) is 34.8. The Morgan fingerprint density at radius 2 is 1.91 bits per heavy atom. The van der Waals surface area contributed by atoms with Gasteiger partial charge in [-0.2, -0.15) is 4.98 Å². The van der Waals surface area contributed by atoms with E-state index < -0.39 is 18.6 Å². The molecule has 2 aromatic heterocycles. The zero-order valence-corrected chi connectivity index (χ0v) is 20.0. The number of halogens is 1. The van der Waals surface area contributed by atoms with Gasteiger partial charge in [-0.3, -0.25) is 9.36 Å². The van der Waals surface area contributed by atoms with Crippen LogP contribution in [-0.4, -0.2) is 68.8 Å². The van der Waals surface area contributed by atoms with Crippen LogP contribution in [-0.2, 0) is 17.9 Å². The molecule has 1 unspecified atom stereocenters. The molecule has 1 fully saturated rings. The third-order valence-corrected chi connectivity index (χ3v) is 5.71. The predicted octanol–water partition coefficient (Wildman–Crippen LogP) is -0.0572. The quantitative estimate of drug-likeness (QED) is 0.269. The Balaban J connectivity index is 0.00000408. The molecule has 1 saturated heterocycles. The lowest BCUT2D eigenvalue weighted by molar-refractivity contribution is -0.123. The van der Waals surface area contributed by atoms with Crippen molar-refractivity contribution in [3.05, 3.63) is 46.6 Å². The zero-order valence-electron chi connectivity index (χ0n) is 19.2. The van der Waals surface area contributed by atoms with Crippen LogP contribution in [0.4, 0.5) is 11.6 Å². The second kappa shape index (κ2) is 14.0. The van der Waals surface area contributed by atoms with Gasteiger partial charge in [0.05, 0.1) is 6.61 Å². The van der Waals surface area contributed by atoms with Crippen LogP contribution >= 0.6 is 12.4 Å². The summed E-state index contributed by atoms with van der Waals surface area (Å²) in [6.45, 7) is 3.63. The number of aromatic nitrogens is 3. The summed E-state index contributed by atoms with van der Waals surface area (Å²) in [5.41, 5.74) is 11.9. The first-order chi connectivity index (χ1) is 15.9. The Bertz CT molecular complexity index is 948. The molecular formula is C22H35ClN8O3. The van der Waals surface area contributed by atoms with Gasteiger partial charge in [-0.15, -0.1) is 12.4 Å². The van der Waals surface area contributed by atoms with Gasteiger partial charge in [0.1, 0.15) is 17.7 Å². The van der Waals surface area contributed by atoms with Gasteiger partial charge < -0.3 is 32.1 Å². The Kier molecular flexibility index (Phi) is 11.4. The van der Waals surface area contributed by atoms with Gasteiger partial charge in [0.2, 0.25) is 5.91 Å². The number of aliphatic hydroxyl groups is 1. The maximum Gasteiger partial charge on any atom is 0.349 e. The lowest BCUT2D eigenvalue weighted by atomic mass is 10.1. The van der Waals surface area contributed by atoms with E-state index in [0.717, 1.165) is 50.9 Å². The predicted molar refractivity (Wildman–Crippen MR) is 133 cm³/mol. The second-order valence-corrected chi connectivity index (χ2v) is 8.36. The molecule has 0 radical (unpaired) electrons. The number of nitrogens with one attached hydrogen (secondary N) is 2. The Hall–Kier alpha value is -2.57. The molecule has 2 aromatic rings. The minimum atomic E-state index is -0.943. The van der Waals surface area contributed by atoms with Gasteiger partial charge in [-0.1, -0.05) is 6.07 Å². The van der Waals surface area contributed by atoms with Crippen molar-refractivity contribution >= 4 is 29.9 Å². The number of nitrogens with zero attached hydrogens (tertiary/aromatic N) is 4. The van der Waals surface area contributed by atoms with Crippen molar-refractivity contribution in [2.75, 3.05) is 31.6 Å². The molecule has 12 heteroatoms. The van der Waals surface area contributed by atoms with Crippen LogP contribution in [0.25, 0.3) is 0 Å². The molecule has 1 atom stereocenters. The molecule has 0 aromatic carbocycles. The summed E-state index contributed by atoms with van der Waals surface area (Å²) >= 11 is 0. The number of pyridine rings is 1. The summed E-state index contributed by atoms with van der Waals surface area (Å²) in [7, 11) is 0. The number of nitrogens with two attached hydrogens (primary N) is 2. The van der Waals surface area contributed by atoms with Crippen molar-refractivity contribution in [1.82, 2.24) is 24.8 Å². The van der Waals surface area contributed by atoms with Crippen molar-refractivity contribution < 1.29 is 9.90 Å². The van der Waals surface area contributed by atoms with E-state index in [4.69, 9.17) is 16.6 Å². The Morgan fingerprint density at radius 1 is 1.18 bits per heavy atom. The first-order valence-corrected chi connectivity index (χ1v) is 11.4. The topological polar surface area (TPSA) is 164 Å². The molecule has 1 amide bonds. The van der Waals surface area contributed by atoms with Crippen molar-refractivity contribution in [2.24, 2.45) is 11.5 Å². The molecule has 3 rings (SSSR count). The molecule has 0 aliphatic carbocycles. The van der Waals surface area contributed by atoms with Gasteiger partial charge in [-0.25, -0.2) is 9.78 Å². The number of hydrogen-bond donors (Lipinski definition) is 5. The number of aryl methyl sites for hydroxylation is 1. The zero-order chi connectivity index (χ0) is 23.6. The van der Waals surface area contributed by atoms with E-state index in [2.05, 4.69) is 25.5 Å². The third kappa shape index (κ3) is 8.65. The fraction of sp³-hybridized carbons (Fsp3) is 0.545. The molecular weight excluding hydrogens is 460 g/mol. The third-order valence-electron chi connectivity index (χ3n) is 5.71. The monoisotopic (exact) mass is 494 g/mol. The van der Waals surface area contributed by atoms with E-state index in [0.29, 0.717) is 24.2 Å². The summed E-state index contributed by atoms with van der Waals surface area (Å²) in [5.74, 6) is 0.520. The first-order valence-electron chi connectivity index (χ1n) is 11.4. The Morgan fingerprint density at radius 3 is 2.56 bits per heavy atom. The lowest BCUT2D eigenvalue weighted by Gasteiger charge is -2.29. The first kappa shape index (κ1) is 27.7. The van der Waals surface area contributed by atoms with Gasteiger partial charge in [-0.05, 0) is 63.0 Å². The maximum absolute atomic E-state index is 12.3. The number of anilines is 2. The van der Waals surface area contributed by atoms with E-state index in [1.54, 1.807) is 35.2 Å². The van der Waals surface area contributed by atoms with Gasteiger partial charge in [0.15, 0.2) is 0 Å². The number of piperidine rings is 1. The lowest BCUT2D eigenvalue weighted by Crippen LogP contribution is -2.42. The number of likely N-dealkylation sites (tertiary alicyclic amines) is 1. The molecule has 0 spiro atoms. The van der Waals surface area contributed by atoms with Crippen LogP contribution in [0.1, 0.15) is 31.2 Å². The minimum absolute atomic E-state index is 0. The number of aliphatic hydroxyl groups excluding tert-OH is 1. The molecule has 0 bridgehead atoms. The number of hydrogen-bond acceptors (Lipinski definition) is 9. The summed E-state index contributed by atoms with van der Waals surface area (Å²) in [6, 6.07) is 4.67. The number of amides is 1. The van der Waals surface area contributed by atoms with E-state index in [9.17, 15) is 9.59 Å². The van der Waals surface area contributed by atoms with Crippen LogP contribution in [0.15, 0.2) is 35.4 Å². The highest BCUT2D eigenvalue weighted by Gasteiger charge is 2.15. The van der Waals surface area contributed by atoms with Gasteiger partial charge in [0, 0.05) is 31.5 Å². The highest BCUT2D eigenvalue weighted by Crippen LogP contribution is 2.12. The highest BCUT2D eigenvalue weighted by molar-refractivity contribution is 5.85. The molecule has 188 valence electrons. The van der Waals surface area contributed by atoms with E-state index >= 15 is 0 Å². The molecule has 7 N–H and O–H groups in total. The Labute approximate surface area is 205 Å². The maximum atomic E-state index is 12.3. The van der Waals surface area contributed by atoms with E-state index in [1.165, 1.54) is 0 Å². The normalized spacial score (nSPS) is 15.4. The van der Waals surface area contributed by atoms with Gasteiger partial charge in [0.25, 0.3) is 0 Å². The number of carbonyl (C=O) groups is 1. The minimum Gasteiger partial charge on any atom is -0.394 e. The standard InChI is InChI=1S/C22H34N8O3.ClH/c23-17-5-10-29(11-6-17)8-1-2-9-30-12-7-20(28-22(30)33)27-19-4-3-16(13-25-19)14-26-21(32)18(24)15-31;/h3-4,7,12-13,17-18,31H,1-2,5-6,8-11,14-15,23-24H2,(H,26,32)(H,25,27,28,33);1H. The second-order valence-electron chi connectivity index (χ2n) is 8.36. The molecule has 11 nitrogen and oxygen atoms in total. The van der Waals surface area contributed by atoms with Crippen molar-refractivity contribution in [3.8, 4) is 0 Å². The molecule has 1 aliphatic heterocycles. The summed E-state index contributed by atoms with van der Waals surface area (Å²) < 4.78 is 1.62. The molecule has 34 heavy (non-hydrogen) atoms. The van der Waals surface area contributed by atoms with Crippen LogP contribution in [0.2, 0.25) is 0 Å². The van der Waals surface area contributed by atoms with Crippen LogP contribution in [0, 0.1) is 0 Å². The van der Waals surface area contributed by atoms with Crippen molar-refractivity contribution in [1.29, 1.82) is 0 Å². The average molecular weight is 495 g/mol. The number of carbonyl (C=O) groups excluding carboxylic acids is 1. The largest absolute Gasteiger partial charge is 0.394 e. The van der Waals surface area contributed by atoms with E-state index in [-0.39, 0.29) is 24.6 Å². The molecule has 3 heterocycles. The fourth-order valence-corrected chi connectivity index (χ4v) is 3.60. The average Bonchev–Trinajstić information content (AvgIpc) is 2.83. The van der Waals surface area contributed by atoms with E-state index in [1.807, 2.05) is 0 Å². The molecule has 1 aliphatic rings. The summed E-state index contributed by atoms with van der Waals surface area (Å²) in [6.07, 6.45) is 7.41. The number of rotatable bonds is 11. The van der Waals surface area contributed by atoms with Crippen molar-refractivity contribution in [2.45, 2.75) is 50.9 Å². The number of unbranched alkanes of at least 4 members (excludes halogenated alkanes) is 1.